The molecule has 0 aliphatic carbocycles. The molecule has 7 heteroatoms. The number of ether oxygens (including phenoxy) is 2. The Hall–Kier alpha value is -2.73. The Kier molecular flexibility index (Phi) is 8.34. The van der Waals surface area contributed by atoms with Crippen molar-refractivity contribution in [3.63, 3.8) is 0 Å². The van der Waals surface area contributed by atoms with Crippen molar-refractivity contribution in [1.29, 1.82) is 0 Å². The van der Waals surface area contributed by atoms with Gasteiger partial charge in [-0.05, 0) is 49.2 Å². The van der Waals surface area contributed by atoms with Crippen molar-refractivity contribution >= 4 is 23.4 Å². The summed E-state index contributed by atoms with van der Waals surface area (Å²) in [7, 11) is 3.11. The molecule has 2 amide bonds. The van der Waals surface area contributed by atoms with Crippen LogP contribution in [0.1, 0.15) is 25.0 Å². The third-order valence-electron chi connectivity index (χ3n) is 4.59. The number of halogens is 1. The van der Waals surface area contributed by atoms with Crippen LogP contribution in [0.2, 0.25) is 5.02 Å². The zero-order chi connectivity index (χ0) is 21.4. The highest BCUT2D eigenvalue weighted by Crippen LogP contribution is 2.28. The maximum atomic E-state index is 13.1. The SMILES string of the molecule is CCNC(=O)[C@H](C)N(Cc1ccc(Cl)cc1)C(=O)Cc1ccc(OC)c(OC)c1. The van der Waals surface area contributed by atoms with Crippen LogP contribution in [0.25, 0.3) is 0 Å². The van der Waals surface area contributed by atoms with E-state index in [1.54, 1.807) is 50.3 Å². The molecule has 0 unspecified atom stereocenters. The minimum Gasteiger partial charge on any atom is -0.493 e. The number of nitrogens with zero attached hydrogens (tertiary/aromatic N) is 1. The normalized spacial score (nSPS) is 11.5. The molecule has 0 spiro atoms. The molecule has 6 nitrogen and oxygen atoms in total. The monoisotopic (exact) mass is 418 g/mol. The number of hydrogen-bond acceptors (Lipinski definition) is 4. The molecule has 1 atom stereocenters. The first-order chi connectivity index (χ1) is 13.9. The van der Waals surface area contributed by atoms with E-state index in [2.05, 4.69) is 5.32 Å². The van der Waals surface area contributed by atoms with Gasteiger partial charge in [0, 0.05) is 18.1 Å². The summed E-state index contributed by atoms with van der Waals surface area (Å²) in [6, 6.07) is 12.0. The lowest BCUT2D eigenvalue weighted by atomic mass is 10.1. The van der Waals surface area contributed by atoms with Crippen LogP contribution in [-0.4, -0.2) is 43.5 Å². The number of carbonyl (C=O) groups excluding carboxylic acids is 2. The molecule has 156 valence electrons. The summed E-state index contributed by atoms with van der Waals surface area (Å²) in [5.41, 5.74) is 1.67. The first-order valence-electron chi connectivity index (χ1n) is 9.42. The van der Waals surface area contributed by atoms with E-state index in [0.29, 0.717) is 29.6 Å². The Bertz CT molecular complexity index is 839. The van der Waals surface area contributed by atoms with Gasteiger partial charge in [0.2, 0.25) is 11.8 Å². The van der Waals surface area contributed by atoms with Crippen molar-refractivity contribution < 1.29 is 19.1 Å². The lowest BCUT2D eigenvalue weighted by Gasteiger charge is -2.29. The zero-order valence-corrected chi connectivity index (χ0v) is 18.0. The Balaban J connectivity index is 2.25. The Morgan fingerprint density at radius 3 is 2.24 bits per heavy atom. The van der Waals surface area contributed by atoms with E-state index in [-0.39, 0.29) is 18.2 Å². The second kappa shape index (κ2) is 10.7. The summed E-state index contributed by atoms with van der Waals surface area (Å²) in [6.45, 7) is 4.39. The highest BCUT2D eigenvalue weighted by atomic mass is 35.5. The standard InChI is InChI=1S/C22H27ClN2O4/c1-5-24-22(27)15(2)25(14-16-6-9-18(23)10-7-16)21(26)13-17-8-11-19(28-3)20(12-17)29-4/h6-12,15H,5,13-14H2,1-4H3,(H,24,27)/t15-/m0/s1. The maximum absolute atomic E-state index is 13.1. The predicted molar refractivity (Wildman–Crippen MR) is 113 cm³/mol. The van der Waals surface area contributed by atoms with E-state index in [1.165, 1.54) is 0 Å². The first-order valence-corrected chi connectivity index (χ1v) is 9.79. The number of likely N-dealkylation sites (N-methyl/N-ethyl adjacent to an activating group) is 1. The van der Waals surface area contributed by atoms with E-state index in [0.717, 1.165) is 11.1 Å². The van der Waals surface area contributed by atoms with Gasteiger partial charge in [0.1, 0.15) is 6.04 Å². The van der Waals surface area contributed by atoms with Crippen LogP contribution in [0, 0.1) is 0 Å². The van der Waals surface area contributed by atoms with Crippen molar-refractivity contribution in [2.75, 3.05) is 20.8 Å². The van der Waals surface area contributed by atoms with Crippen LogP contribution in [-0.2, 0) is 22.6 Å². The Morgan fingerprint density at radius 1 is 1.03 bits per heavy atom. The van der Waals surface area contributed by atoms with E-state index in [9.17, 15) is 9.59 Å². The van der Waals surface area contributed by atoms with Crippen molar-refractivity contribution in [1.82, 2.24) is 10.2 Å². The minimum absolute atomic E-state index is 0.137. The first kappa shape index (κ1) is 22.6. The molecular formula is C22H27ClN2O4. The van der Waals surface area contributed by atoms with Crippen LogP contribution >= 0.6 is 11.6 Å². The Labute approximate surface area is 176 Å². The van der Waals surface area contributed by atoms with Crippen molar-refractivity contribution in [3.8, 4) is 11.5 Å². The highest BCUT2D eigenvalue weighted by Gasteiger charge is 2.26. The third kappa shape index (κ3) is 6.12. The summed E-state index contributed by atoms with van der Waals surface area (Å²) >= 11 is 5.96. The van der Waals surface area contributed by atoms with Gasteiger partial charge in [0.05, 0.1) is 20.6 Å². The number of carbonyl (C=O) groups is 2. The molecule has 2 aromatic rings. The summed E-state index contributed by atoms with van der Waals surface area (Å²) in [4.78, 5) is 27.1. The summed E-state index contributed by atoms with van der Waals surface area (Å²) < 4.78 is 10.6. The van der Waals surface area contributed by atoms with E-state index in [1.807, 2.05) is 25.1 Å². The number of hydrogen-bond donors (Lipinski definition) is 1. The van der Waals surface area contributed by atoms with Gasteiger partial charge in [0.25, 0.3) is 0 Å². The molecule has 0 saturated heterocycles. The molecule has 0 aromatic heterocycles. The quantitative estimate of drug-likeness (QED) is 0.677. The van der Waals surface area contributed by atoms with Crippen LogP contribution in [0.4, 0.5) is 0 Å². The van der Waals surface area contributed by atoms with Crippen molar-refractivity contribution in [2.24, 2.45) is 0 Å². The molecule has 0 fully saturated rings. The molecular weight excluding hydrogens is 392 g/mol. The molecule has 0 aliphatic rings. The highest BCUT2D eigenvalue weighted by molar-refractivity contribution is 6.30. The average molecular weight is 419 g/mol. The van der Waals surface area contributed by atoms with Crippen LogP contribution in [0.15, 0.2) is 42.5 Å². The topological polar surface area (TPSA) is 67.9 Å². The lowest BCUT2D eigenvalue weighted by Crippen LogP contribution is -2.48. The average Bonchev–Trinajstić information content (AvgIpc) is 2.72. The number of methoxy groups -OCH3 is 2. The maximum Gasteiger partial charge on any atom is 0.242 e. The number of benzene rings is 2. The second-order valence-corrected chi connectivity index (χ2v) is 7.02. The van der Waals surface area contributed by atoms with Gasteiger partial charge in [-0.15, -0.1) is 0 Å². The molecule has 0 radical (unpaired) electrons. The van der Waals surface area contributed by atoms with Gasteiger partial charge in [-0.25, -0.2) is 0 Å². The van der Waals surface area contributed by atoms with Gasteiger partial charge < -0.3 is 19.7 Å². The van der Waals surface area contributed by atoms with Gasteiger partial charge in [0.15, 0.2) is 11.5 Å². The van der Waals surface area contributed by atoms with E-state index < -0.39 is 6.04 Å². The Morgan fingerprint density at radius 2 is 1.66 bits per heavy atom. The van der Waals surface area contributed by atoms with Gasteiger partial charge in [-0.3, -0.25) is 9.59 Å². The molecule has 0 saturated carbocycles. The fourth-order valence-electron chi connectivity index (χ4n) is 2.96. The second-order valence-electron chi connectivity index (χ2n) is 6.58. The van der Waals surface area contributed by atoms with Crippen LogP contribution < -0.4 is 14.8 Å². The number of nitrogens with one attached hydrogen (secondary N) is 1. The largest absolute Gasteiger partial charge is 0.493 e. The predicted octanol–water partition coefficient (Wildman–Crippen LogP) is 3.45. The number of rotatable bonds is 9. The van der Waals surface area contributed by atoms with E-state index >= 15 is 0 Å². The van der Waals surface area contributed by atoms with Crippen LogP contribution in [0.3, 0.4) is 0 Å². The zero-order valence-electron chi connectivity index (χ0n) is 17.2. The van der Waals surface area contributed by atoms with Crippen molar-refractivity contribution in [3.05, 3.63) is 58.6 Å². The third-order valence-corrected chi connectivity index (χ3v) is 4.84. The number of amides is 2. The van der Waals surface area contributed by atoms with E-state index in [4.69, 9.17) is 21.1 Å². The van der Waals surface area contributed by atoms with Gasteiger partial charge >= 0.3 is 0 Å². The molecule has 2 rings (SSSR count). The summed E-state index contributed by atoms with van der Waals surface area (Å²) in [5.74, 6) is 0.796. The fourth-order valence-corrected chi connectivity index (χ4v) is 3.08. The molecule has 0 bridgehead atoms. The van der Waals surface area contributed by atoms with Gasteiger partial charge in [-0.2, -0.15) is 0 Å². The lowest BCUT2D eigenvalue weighted by molar-refractivity contribution is -0.140. The molecule has 29 heavy (non-hydrogen) atoms. The van der Waals surface area contributed by atoms with Crippen molar-refractivity contribution in [2.45, 2.75) is 32.9 Å². The smallest absolute Gasteiger partial charge is 0.242 e. The molecule has 2 aromatic carbocycles. The molecule has 0 aliphatic heterocycles. The minimum atomic E-state index is -0.613. The van der Waals surface area contributed by atoms with Gasteiger partial charge in [-0.1, -0.05) is 29.8 Å². The fraction of sp³-hybridized carbons (Fsp3) is 0.364. The molecule has 1 N–H and O–H groups in total. The van der Waals surface area contributed by atoms with Crippen LogP contribution in [0.5, 0.6) is 11.5 Å². The molecule has 0 heterocycles. The summed E-state index contributed by atoms with van der Waals surface area (Å²) in [5, 5.41) is 3.40. The summed E-state index contributed by atoms with van der Waals surface area (Å²) in [6.07, 6.45) is 0.137.